The van der Waals surface area contributed by atoms with E-state index in [2.05, 4.69) is 20.4 Å². The summed E-state index contributed by atoms with van der Waals surface area (Å²) in [6.45, 7) is 4.46. The van der Waals surface area contributed by atoms with Crippen LogP contribution in [-0.2, 0) is 6.54 Å². The fraction of sp³-hybridized carbons (Fsp3) is 0.214. The number of benzene rings is 1. The predicted molar refractivity (Wildman–Crippen MR) is 76.7 cm³/mol. The van der Waals surface area contributed by atoms with Crippen LogP contribution in [0, 0.1) is 6.92 Å². The number of aromatic amines is 1. The highest BCUT2D eigenvalue weighted by Gasteiger charge is 2.14. The zero-order valence-corrected chi connectivity index (χ0v) is 11.3. The molecule has 2 heterocycles. The number of carbonyl (C=O) groups is 1. The van der Waals surface area contributed by atoms with Crippen molar-refractivity contribution in [1.82, 2.24) is 19.7 Å². The maximum atomic E-state index is 12.3. The Labute approximate surface area is 115 Å². The number of H-pyrrole nitrogens is 1. The molecule has 1 aromatic carbocycles. The molecule has 2 aromatic heterocycles. The quantitative estimate of drug-likeness (QED) is 0.766. The second-order valence-electron chi connectivity index (χ2n) is 4.54. The summed E-state index contributed by atoms with van der Waals surface area (Å²) in [4.78, 5) is 19.6. The molecule has 3 aromatic rings. The first-order valence-electron chi connectivity index (χ1n) is 6.48. The maximum Gasteiger partial charge on any atom is 0.276 e. The van der Waals surface area contributed by atoms with Crippen molar-refractivity contribution in [2.75, 3.05) is 5.32 Å². The first-order valence-corrected chi connectivity index (χ1v) is 6.48. The van der Waals surface area contributed by atoms with Gasteiger partial charge in [0.1, 0.15) is 5.69 Å². The molecule has 3 rings (SSSR count). The Balaban J connectivity index is 1.88. The average Bonchev–Trinajstić information content (AvgIpc) is 3.00. The van der Waals surface area contributed by atoms with Crippen LogP contribution >= 0.6 is 0 Å². The predicted octanol–water partition coefficient (Wildman–Crippen LogP) is 2.34. The van der Waals surface area contributed by atoms with Gasteiger partial charge in [0.2, 0.25) is 5.95 Å². The Morgan fingerprint density at radius 3 is 2.95 bits per heavy atom. The monoisotopic (exact) mass is 269 g/mol. The molecule has 102 valence electrons. The van der Waals surface area contributed by atoms with Gasteiger partial charge in [-0.25, -0.2) is 4.98 Å². The van der Waals surface area contributed by atoms with Crippen molar-refractivity contribution in [1.29, 1.82) is 0 Å². The lowest BCUT2D eigenvalue weighted by molar-refractivity contribution is 0.101. The molecule has 0 atom stereocenters. The molecule has 0 aliphatic heterocycles. The molecular formula is C14H15N5O. The normalized spacial score (nSPS) is 10.9. The lowest BCUT2D eigenvalue weighted by atomic mass is 10.3. The summed E-state index contributed by atoms with van der Waals surface area (Å²) in [7, 11) is 0. The lowest BCUT2D eigenvalue weighted by Gasteiger charge is -2.03. The maximum absolute atomic E-state index is 12.3. The van der Waals surface area contributed by atoms with E-state index in [9.17, 15) is 4.79 Å². The van der Waals surface area contributed by atoms with Crippen molar-refractivity contribution in [3.63, 3.8) is 0 Å². The third kappa shape index (κ3) is 2.16. The molecule has 0 bridgehead atoms. The molecule has 0 spiro atoms. The van der Waals surface area contributed by atoms with Gasteiger partial charge in [-0.05, 0) is 32.0 Å². The van der Waals surface area contributed by atoms with E-state index in [4.69, 9.17) is 0 Å². The van der Waals surface area contributed by atoms with Gasteiger partial charge in [-0.2, -0.15) is 5.10 Å². The van der Waals surface area contributed by atoms with Crippen LogP contribution in [0.25, 0.3) is 11.0 Å². The van der Waals surface area contributed by atoms with Gasteiger partial charge in [-0.1, -0.05) is 12.1 Å². The van der Waals surface area contributed by atoms with Crippen LogP contribution in [-0.4, -0.2) is 25.7 Å². The molecular weight excluding hydrogens is 254 g/mol. The third-order valence-corrected chi connectivity index (χ3v) is 3.06. The fourth-order valence-corrected chi connectivity index (χ4v) is 2.15. The van der Waals surface area contributed by atoms with Crippen LogP contribution in [0.1, 0.15) is 23.1 Å². The number of para-hydroxylation sites is 2. The average molecular weight is 269 g/mol. The van der Waals surface area contributed by atoms with Crippen LogP contribution in [0.2, 0.25) is 0 Å². The third-order valence-electron chi connectivity index (χ3n) is 3.06. The summed E-state index contributed by atoms with van der Waals surface area (Å²) in [5.41, 5.74) is 3.07. The highest BCUT2D eigenvalue weighted by Crippen LogP contribution is 2.14. The topological polar surface area (TPSA) is 75.6 Å². The number of nitrogens with zero attached hydrogens (tertiary/aromatic N) is 3. The summed E-state index contributed by atoms with van der Waals surface area (Å²) in [5, 5.41) is 7.03. The Kier molecular flexibility index (Phi) is 2.98. The van der Waals surface area contributed by atoms with Crippen molar-refractivity contribution in [2.24, 2.45) is 0 Å². The Hall–Kier alpha value is -2.63. The summed E-state index contributed by atoms with van der Waals surface area (Å²) in [6, 6.07) is 9.40. The Morgan fingerprint density at radius 2 is 2.20 bits per heavy atom. The van der Waals surface area contributed by atoms with Gasteiger partial charge in [-0.3, -0.25) is 14.8 Å². The van der Waals surface area contributed by atoms with E-state index >= 15 is 0 Å². The molecule has 0 unspecified atom stereocenters. The smallest absolute Gasteiger partial charge is 0.276 e. The van der Waals surface area contributed by atoms with Crippen molar-refractivity contribution >= 4 is 22.9 Å². The molecule has 0 aliphatic rings. The molecule has 6 nitrogen and oxygen atoms in total. The van der Waals surface area contributed by atoms with E-state index < -0.39 is 0 Å². The van der Waals surface area contributed by atoms with Crippen LogP contribution in [0.4, 0.5) is 5.95 Å². The largest absolute Gasteiger partial charge is 0.324 e. The summed E-state index contributed by atoms with van der Waals surface area (Å²) < 4.78 is 1.67. The summed E-state index contributed by atoms with van der Waals surface area (Å²) in [5.74, 6) is 0.226. The number of amides is 1. The molecule has 2 N–H and O–H groups in total. The minimum Gasteiger partial charge on any atom is -0.324 e. The number of nitrogens with one attached hydrogen (secondary N) is 2. The highest BCUT2D eigenvalue weighted by molar-refractivity contribution is 6.02. The number of fused-ring (bicyclic) bond motifs is 1. The first kappa shape index (κ1) is 12.4. The lowest BCUT2D eigenvalue weighted by Crippen LogP contribution is -2.18. The molecule has 0 aliphatic carbocycles. The van der Waals surface area contributed by atoms with Crippen LogP contribution in [0.5, 0.6) is 0 Å². The van der Waals surface area contributed by atoms with Gasteiger partial charge in [-0.15, -0.1) is 0 Å². The fourth-order valence-electron chi connectivity index (χ4n) is 2.15. The molecule has 0 saturated carbocycles. The van der Waals surface area contributed by atoms with Crippen molar-refractivity contribution in [3.05, 3.63) is 41.7 Å². The molecule has 20 heavy (non-hydrogen) atoms. The number of imidazole rings is 1. The van der Waals surface area contributed by atoms with Crippen molar-refractivity contribution in [3.8, 4) is 0 Å². The minimum absolute atomic E-state index is 0.216. The standard InChI is InChI=1S/C14H15N5O/c1-3-19-12(8-9(2)18-19)13(20)17-14-15-10-6-4-5-7-11(10)16-14/h4-8H,3H2,1-2H3,(H2,15,16,17,20). The number of hydrogen-bond donors (Lipinski definition) is 2. The Bertz CT molecular complexity index is 738. The van der Waals surface area contributed by atoms with Gasteiger partial charge in [0.05, 0.1) is 16.7 Å². The Morgan fingerprint density at radius 1 is 1.40 bits per heavy atom. The van der Waals surface area contributed by atoms with E-state index in [0.29, 0.717) is 18.2 Å². The van der Waals surface area contributed by atoms with E-state index in [1.54, 1.807) is 10.7 Å². The van der Waals surface area contributed by atoms with Gasteiger partial charge in [0.15, 0.2) is 0 Å². The zero-order valence-electron chi connectivity index (χ0n) is 11.3. The number of anilines is 1. The van der Waals surface area contributed by atoms with E-state index in [0.717, 1.165) is 16.7 Å². The van der Waals surface area contributed by atoms with Crippen LogP contribution < -0.4 is 5.32 Å². The number of aryl methyl sites for hydroxylation is 2. The van der Waals surface area contributed by atoms with E-state index in [1.807, 2.05) is 38.1 Å². The van der Waals surface area contributed by atoms with Gasteiger partial charge in [0, 0.05) is 6.54 Å². The molecule has 0 saturated heterocycles. The number of aromatic nitrogens is 4. The van der Waals surface area contributed by atoms with Crippen LogP contribution in [0.3, 0.4) is 0 Å². The van der Waals surface area contributed by atoms with Crippen molar-refractivity contribution in [2.45, 2.75) is 20.4 Å². The first-order chi connectivity index (χ1) is 9.67. The summed E-state index contributed by atoms with van der Waals surface area (Å²) >= 11 is 0. The number of hydrogen-bond acceptors (Lipinski definition) is 3. The summed E-state index contributed by atoms with van der Waals surface area (Å²) in [6.07, 6.45) is 0. The molecule has 0 fully saturated rings. The van der Waals surface area contributed by atoms with E-state index in [-0.39, 0.29) is 5.91 Å². The van der Waals surface area contributed by atoms with Crippen LogP contribution in [0.15, 0.2) is 30.3 Å². The number of rotatable bonds is 3. The van der Waals surface area contributed by atoms with E-state index in [1.165, 1.54) is 0 Å². The van der Waals surface area contributed by atoms with Gasteiger partial charge >= 0.3 is 0 Å². The SMILES string of the molecule is CCn1nc(C)cc1C(=O)Nc1nc2ccccc2[nH]1. The van der Waals surface area contributed by atoms with Crippen molar-refractivity contribution < 1.29 is 4.79 Å². The second-order valence-corrected chi connectivity index (χ2v) is 4.54. The molecule has 6 heteroatoms. The van der Waals surface area contributed by atoms with Gasteiger partial charge < -0.3 is 4.98 Å². The molecule has 1 amide bonds. The minimum atomic E-state index is -0.216. The second kappa shape index (κ2) is 4.80. The molecule has 0 radical (unpaired) electrons. The van der Waals surface area contributed by atoms with Gasteiger partial charge in [0.25, 0.3) is 5.91 Å². The highest BCUT2D eigenvalue weighted by atomic mass is 16.2. The number of carbonyl (C=O) groups excluding carboxylic acids is 1. The zero-order chi connectivity index (χ0) is 14.1.